The predicted molar refractivity (Wildman–Crippen MR) is 165 cm³/mol. The van der Waals surface area contributed by atoms with Crippen molar-refractivity contribution in [2.24, 2.45) is 5.92 Å². The molecule has 3 fully saturated rings. The number of amides is 4. The number of anilines is 1. The molecule has 11 nitrogen and oxygen atoms in total. The average molecular weight is 604 g/mol. The number of imide groups is 2. The average Bonchev–Trinajstić information content (AvgIpc) is 3.73. The van der Waals surface area contributed by atoms with Crippen molar-refractivity contribution in [3.05, 3.63) is 71.9 Å². The number of nitrogens with one attached hydrogen (secondary N) is 2. The summed E-state index contributed by atoms with van der Waals surface area (Å²) in [7, 11) is 0. The van der Waals surface area contributed by atoms with Crippen molar-refractivity contribution in [3.63, 3.8) is 0 Å². The Morgan fingerprint density at radius 1 is 0.933 bits per heavy atom. The lowest BCUT2D eigenvalue weighted by atomic mass is 9.77. The van der Waals surface area contributed by atoms with E-state index in [1.54, 1.807) is 18.2 Å². The largest absolute Gasteiger partial charge is 0.385 e. The molecule has 11 heteroatoms. The third kappa shape index (κ3) is 4.96. The summed E-state index contributed by atoms with van der Waals surface area (Å²) in [6.45, 7) is 0.747. The highest BCUT2D eigenvalue weighted by molar-refractivity contribution is 6.23. The molecule has 1 unspecified atom stereocenters. The van der Waals surface area contributed by atoms with E-state index in [4.69, 9.17) is 10.1 Å². The van der Waals surface area contributed by atoms with Gasteiger partial charge in [0.05, 0.1) is 28.6 Å². The Labute approximate surface area is 259 Å². The SMILES string of the molecule is O=C1CCC(N2C(=O)c3ccc(NCCCC4CC(n5cc(-c6nccc7ccncc67)c(C6CC6)n5)C4)cc3C2=O)C(=O)N1. The van der Waals surface area contributed by atoms with Crippen molar-refractivity contribution in [3.8, 4) is 11.3 Å². The van der Waals surface area contributed by atoms with Gasteiger partial charge in [-0.25, -0.2) is 0 Å². The molecule has 8 rings (SSSR count). The number of carbonyl (C=O) groups is 4. The summed E-state index contributed by atoms with van der Waals surface area (Å²) in [5.41, 5.74) is 4.61. The van der Waals surface area contributed by atoms with Crippen LogP contribution in [0.2, 0.25) is 0 Å². The molecule has 2 saturated carbocycles. The predicted octanol–water partition coefficient (Wildman–Crippen LogP) is 4.62. The molecule has 4 aliphatic rings. The van der Waals surface area contributed by atoms with Crippen LogP contribution in [0, 0.1) is 5.92 Å². The molecule has 0 spiro atoms. The molecule has 4 aromatic rings. The van der Waals surface area contributed by atoms with E-state index >= 15 is 0 Å². The Balaban J connectivity index is 0.860. The van der Waals surface area contributed by atoms with Crippen molar-refractivity contribution >= 4 is 40.1 Å². The molecule has 2 N–H and O–H groups in total. The standard InChI is InChI=1S/C34H33N7O4/c42-29-8-7-28(32(43)38-29)41-33(44)24-6-5-22(16-25(24)34(41)45)36-11-1-2-19-14-23(15-19)40-18-27(30(39-40)21-3-4-21)31-26-17-35-12-9-20(26)10-13-37-31/h5-6,9-10,12-13,16-19,21,23,28,36H,1-4,7-8,11,14-15H2,(H,38,42,43). The van der Waals surface area contributed by atoms with Gasteiger partial charge in [0.1, 0.15) is 6.04 Å². The zero-order valence-electron chi connectivity index (χ0n) is 24.7. The molecule has 0 radical (unpaired) electrons. The number of hydrogen-bond acceptors (Lipinski definition) is 8. The second kappa shape index (κ2) is 10.9. The first kappa shape index (κ1) is 27.6. The van der Waals surface area contributed by atoms with Gasteiger partial charge in [-0.1, -0.05) is 0 Å². The second-order valence-electron chi connectivity index (χ2n) is 12.7. The minimum absolute atomic E-state index is 0.101. The molecular weight excluding hydrogens is 570 g/mol. The topological polar surface area (TPSA) is 139 Å². The Morgan fingerprint density at radius 3 is 2.58 bits per heavy atom. The lowest BCUT2D eigenvalue weighted by Crippen LogP contribution is -2.54. The Morgan fingerprint density at radius 2 is 1.76 bits per heavy atom. The van der Waals surface area contributed by atoms with Gasteiger partial charge in [0.25, 0.3) is 11.8 Å². The summed E-state index contributed by atoms with van der Waals surface area (Å²) >= 11 is 0. The molecule has 1 aromatic carbocycles. The van der Waals surface area contributed by atoms with Crippen LogP contribution in [0.1, 0.15) is 89.7 Å². The van der Waals surface area contributed by atoms with Crippen LogP contribution in [0.3, 0.4) is 0 Å². The van der Waals surface area contributed by atoms with Gasteiger partial charge in [-0.2, -0.15) is 5.10 Å². The summed E-state index contributed by atoms with van der Waals surface area (Å²) in [6, 6.07) is 8.61. The van der Waals surface area contributed by atoms with Crippen LogP contribution in [0.25, 0.3) is 22.0 Å². The van der Waals surface area contributed by atoms with Gasteiger partial charge in [0.15, 0.2) is 0 Å². The Hall–Kier alpha value is -4.93. The molecule has 45 heavy (non-hydrogen) atoms. The fourth-order valence-electron chi connectivity index (χ4n) is 7.01. The highest BCUT2D eigenvalue weighted by Crippen LogP contribution is 2.47. The normalized spacial score (nSPS) is 22.8. The van der Waals surface area contributed by atoms with Crippen molar-refractivity contribution < 1.29 is 19.2 Å². The fraction of sp³-hybridized carbons (Fsp3) is 0.382. The van der Waals surface area contributed by atoms with E-state index in [-0.39, 0.29) is 29.9 Å². The van der Waals surface area contributed by atoms with E-state index in [1.165, 1.54) is 18.5 Å². The van der Waals surface area contributed by atoms with Gasteiger partial charge in [-0.05, 0) is 86.6 Å². The highest BCUT2D eigenvalue weighted by atomic mass is 16.2. The van der Waals surface area contributed by atoms with Crippen LogP contribution >= 0.6 is 0 Å². The molecule has 1 saturated heterocycles. The van der Waals surface area contributed by atoms with Crippen LogP contribution in [-0.4, -0.2) is 60.9 Å². The van der Waals surface area contributed by atoms with Gasteiger partial charge in [0.2, 0.25) is 11.8 Å². The Kier molecular flexibility index (Phi) is 6.69. The van der Waals surface area contributed by atoms with Crippen LogP contribution in [0.15, 0.2) is 55.1 Å². The maximum Gasteiger partial charge on any atom is 0.262 e. The Bertz CT molecular complexity index is 1870. The number of rotatable bonds is 9. The van der Waals surface area contributed by atoms with E-state index in [0.717, 1.165) is 64.8 Å². The van der Waals surface area contributed by atoms with Gasteiger partial charge in [-0.3, -0.25) is 44.0 Å². The van der Waals surface area contributed by atoms with Crippen LogP contribution < -0.4 is 10.6 Å². The molecule has 2 aliphatic carbocycles. The smallest absolute Gasteiger partial charge is 0.262 e. The van der Waals surface area contributed by atoms with Gasteiger partial charge < -0.3 is 5.32 Å². The minimum atomic E-state index is -0.960. The summed E-state index contributed by atoms with van der Waals surface area (Å²) in [5.74, 6) is -0.821. The van der Waals surface area contributed by atoms with Gasteiger partial charge in [0, 0.05) is 60.3 Å². The van der Waals surface area contributed by atoms with Crippen molar-refractivity contribution in [2.45, 2.75) is 69.4 Å². The lowest BCUT2D eigenvalue weighted by molar-refractivity contribution is -0.136. The summed E-state index contributed by atoms with van der Waals surface area (Å²) in [6.07, 6.45) is 14.7. The van der Waals surface area contributed by atoms with Gasteiger partial charge in [-0.15, -0.1) is 0 Å². The maximum atomic E-state index is 13.1. The van der Waals surface area contributed by atoms with Crippen molar-refractivity contribution in [1.29, 1.82) is 0 Å². The third-order valence-electron chi connectivity index (χ3n) is 9.69. The minimum Gasteiger partial charge on any atom is -0.385 e. The van der Waals surface area contributed by atoms with Gasteiger partial charge >= 0.3 is 0 Å². The summed E-state index contributed by atoms with van der Waals surface area (Å²) in [5, 5.41) is 12.9. The number of fused-ring (bicyclic) bond motifs is 2. The second-order valence-corrected chi connectivity index (χ2v) is 12.7. The van der Waals surface area contributed by atoms with E-state index in [2.05, 4.69) is 26.5 Å². The molecule has 1 atom stereocenters. The molecule has 5 heterocycles. The van der Waals surface area contributed by atoms with Crippen LogP contribution in [0.4, 0.5) is 5.69 Å². The molecule has 228 valence electrons. The number of carbonyl (C=O) groups excluding carboxylic acids is 4. The highest BCUT2D eigenvalue weighted by Gasteiger charge is 2.44. The third-order valence-corrected chi connectivity index (χ3v) is 9.69. The van der Waals surface area contributed by atoms with E-state index in [9.17, 15) is 19.2 Å². The number of pyridine rings is 2. The number of benzene rings is 1. The lowest BCUT2D eigenvalue weighted by Gasteiger charge is -2.35. The van der Waals surface area contributed by atoms with E-state index in [0.29, 0.717) is 17.9 Å². The van der Waals surface area contributed by atoms with Crippen LogP contribution in [0.5, 0.6) is 0 Å². The van der Waals surface area contributed by atoms with Crippen LogP contribution in [-0.2, 0) is 9.59 Å². The zero-order chi connectivity index (χ0) is 30.7. The van der Waals surface area contributed by atoms with E-state index in [1.807, 2.05) is 30.7 Å². The summed E-state index contributed by atoms with van der Waals surface area (Å²) < 4.78 is 2.18. The van der Waals surface area contributed by atoms with Crippen molar-refractivity contribution in [2.75, 3.05) is 11.9 Å². The number of piperidine rings is 1. The summed E-state index contributed by atoms with van der Waals surface area (Å²) in [4.78, 5) is 59.9. The first-order valence-corrected chi connectivity index (χ1v) is 15.8. The molecular formula is C34H33N7O4. The first-order chi connectivity index (χ1) is 21.9. The van der Waals surface area contributed by atoms with Crippen molar-refractivity contribution in [1.82, 2.24) is 30.0 Å². The van der Waals surface area contributed by atoms with E-state index < -0.39 is 23.8 Å². The fourth-order valence-corrected chi connectivity index (χ4v) is 7.01. The molecule has 4 amide bonds. The molecule has 2 aliphatic heterocycles. The number of nitrogens with zero attached hydrogens (tertiary/aromatic N) is 5. The number of aromatic nitrogens is 4. The quantitative estimate of drug-likeness (QED) is 0.209. The monoisotopic (exact) mass is 603 g/mol. The zero-order valence-corrected chi connectivity index (χ0v) is 24.7. The molecule has 3 aromatic heterocycles. The first-order valence-electron chi connectivity index (χ1n) is 15.8. The number of hydrogen-bond donors (Lipinski definition) is 2. The molecule has 0 bridgehead atoms. The maximum absolute atomic E-state index is 13.1.